The first kappa shape index (κ1) is 10.2. The number of aryl methyl sites for hydroxylation is 1. The third kappa shape index (κ3) is 2.81. The number of hydrogen-bond acceptors (Lipinski definition) is 3. The maximum Gasteiger partial charge on any atom is 0.0751 e. The van der Waals surface area contributed by atoms with E-state index in [0.29, 0.717) is 0 Å². The predicted octanol–water partition coefficient (Wildman–Crippen LogP) is 1.25. The van der Waals surface area contributed by atoms with E-state index in [-0.39, 0.29) is 11.5 Å². The zero-order valence-corrected chi connectivity index (χ0v) is 8.78. The first-order valence-electron chi connectivity index (χ1n) is 4.50. The molecule has 0 spiro atoms. The predicted molar refractivity (Wildman–Crippen MR) is 52.0 cm³/mol. The van der Waals surface area contributed by atoms with Crippen LogP contribution >= 0.6 is 0 Å². The maximum atomic E-state index is 6.03. The molecular weight excluding hydrogens is 164 g/mol. The van der Waals surface area contributed by atoms with Crippen molar-refractivity contribution in [1.82, 2.24) is 15.0 Å². The Labute approximate surface area is 79.1 Å². The highest BCUT2D eigenvalue weighted by Gasteiger charge is 2.19. The fourth-order valence-corrected chi connectivity index (χ4v) is 1.40. The van der Waals surface area contributed by atoms with Gasteiger partial charge in [-0.1, -0.05) is 26.0 Å². The Balaban J connectivity index is 2.69. The van der Waals surface area contributed by atoms with Gasteiger partial charge in [-0.15, -0.1) is 5.10 Å². The van der Waals surface area contributed by atoms with Gasteiger partial charge in [-0.2, -0.15) is 0 Å². The van der Waals surface area contributed by atoms with Gasteiger partial charge in [0, 0.05) is 13.1 Å². The van der Waals surface area contributed by atoms with Crippen LogP contribution in [0.15, 0.2) is 6.20 Å². The van der Waals surface area contributed by atoms with Crippen LogP contribution in [0.4, 0.5) is 0 Å². The van der Waals surface area contributed by atoms with Crippen molar-refractivity contribution in [3.8, 4) is 0 Å². The minimum Gasteiger partial charge on any atom is -0.323 e. The summed E-state index contributed by atoms with van der Waals surface area (Å²) in [6.45, 7) is 6.53. The van der Waals surface area contributed by atoms with Crippen molar-refractivity contribution in [2.75, 3.05) is 0 Å². The largest absolute Gasteiger partial charge is 0.323 e. The van der Waals surface area contributed by atoms with Crippen LogP contribution in [-0.2, 0) is 7.05 Å². The Kier molecular flexibility index (Phi) is 2.71. The van der Waals surface area contributed by atoms with E-state index in [1.54, 1.807) is 10.9 Å². The Hall–Kier alpha value is -0.900. The van der Waals surface area contributed by atoms with Crippen molar-refractivity contribution in [1.29, 1.82) is 0 Å². The Morgan fingerprint density at radius 2 is 2.15 bits per heavy atom. The van der Waals surface area contributed by atoms with E-state index in [0.717, 1.165) is 12.1 Å². The van der Waals surface area contributed by atoms with Gasteiger partial charge in [0.05, 0.1) is 11.9 Å². The summed E-state index contributed by atoms with van der Waals surface area (Å²) in [5, 5.41) is 7.66. The van der Waals surface area contributed by atoms with E-state index in [1.807, 2.05) is 7.05 Å². The second-order valence-electron chi connectivity index (χ2n) is 4.65. The molecule has 1 rings (SSSR count). The summed E-state index contributed by atoms with van der Waals surface area (Å²) in [5.41, 5.74) is 7.26. The van der Waals surface area contributed by atoms with E-state index >= 15 is 0 Å². The van der Waals surface area contributed by atoms with Crippen LogP contribution in [0.1, 0.15) is 38.9 Å². The molecule has 0 aliphatic heterocycles. The van der Waals surface area contributed by atoms with Crippen LogP contribution in [0.5, 0.6) is 0 Å². The highest BCUT2D eigenvalue weighted by Crippen LogP contribution is 2.26. The zero-order chi connectivity index (χ0) is 10.1. The average Bonchev–Trinajstić information content (AvgIpc) is 2.30. The topological polar surface area (TPSA) is 56.7 Å². The van der Waals surface area contributed by atoms with Crippen molar-refractivity contribution in [2.45, 2.75) is 33.2 Å². The van der Waals surface area contributed by atoms with Crippen molar-refractivity contribution < 1.29 is 0 Å². The smallest absolute Gasteiger partial charge is 0.0751 e. The summed E-state index contributed by atoms with van der Waals surface area (Å²) in [4.78, 5) is 0. The highest BCUT2D eigenvalue weighted by molar-refractivity contribution is 5.01. The van der Waals surface area contributed by atoms with E-state index in [4.69, 9.17) is 5.73 Å². The molecule has 74 valence electrons. The Morgan fingerprint density at radius 3 is 2.54 bits per heavy atom. The fourth-order valence-electron chi connectivity index (χ4n) is 1.40. The van der Waals surface area contributed by atoms with Crippen LogP contribution in [0.2, 0.25) is 0 Å². The van der Waals surface area contributed by atoms with Crippen molar-refractivity contribution in [3.05, 3.63) is 11.9 Å². The minimum absolute atomic E-state index is 0.0278. The third-order valence-electron chi connectivity index (χ3n) is 1.96. The lowest BCUT2D eigenvalue weighted by Gasteiger charge is -2.22. The summed E-state index contributed by atoms with van der Waals surface area (Å²) < 4.78 is 1.73. The Morgan fingerprint density at radius 1 is 1.54 bits per heavy atom. The van der Waals surface area contributed by atoms with Gasteiger partial charge in [-0.3, -0.25) is 4.68 Å². The lowest BCUT2D eigenvalue weighted by molar-refractivity contribution is 0.336. The summed E-state index contributed by atoms with van der Waals surface area (Å²) >= 11 is 0. The second-order valence-corrected chi connectivity index (χ2v) is 4.65. The number of nitrogens with two attached hydrogens (primary N) is 1. The highest BCUT2D eigenvalue weighted by atomic mass is 15.4. The number of rotatable bonds is 2. The van der Waals surface area contributed by atoms with Gasteiger partial charge in [0.25, 0.3) is 0 Å². The lowest BCUT2D eigenvalue weighted by atomic mass is 9.87. The SMILES string of the molecule is Cn1nncc1C(N)CC(C)(C)C. The second kappa shape index (κ2) is 3.46. The summed E-state index contributed by atoms with van der Waals surface area (Å²) in [7, 11) is 1.87. The average molecular weight is 182 g/mol. The molecule has 4 heteroatoms. The van der Waals surface area contributed by atoms with Gasteiger partial charge in [-0.25, -0.2) is 0 Å². The molecule has 0 aliphatic rings. The molecule has 4 nitrogen and oxygen atoms in total. The van der Waals surface area contributed by atoms with Crippen LogP contribution in [0.3, 0.4) is 0 Å². The van der Waals surface area contributed by atoms with Gasteiger partial charge in [-0.05, 0) is 11.8 Å². The standard InChI is InChI=1S/C9H18N4/c1-9(2,3)5-7(10)8-6-11-12-13(8)4/h6-7H,5,10H2,1-4H3. The number of hydrogen-bond donors (Lipinski definition) is 1. The summed E-state index contributed by atoms with van der Waals surface area (Å²) in [6, 6.07) is 0.0278. The van der Waals surface area contributed by atoms with Crippen LogP contribution < -0.4 is 5.73 Å². The molecule has 0 aromatic carbocycles. The fraction of sp³-hybridized carbons (Fsp3) is 0.778. The molecule has 0 bridgehead atoms. The summed E-state index contributed by atoms with van der Waals surface area (Å²) in [5.74, 6) is 0. The van der Waals surface area contributed by atoms with Crippen LogP contribution in [0.25, 0.3) is 0 Å². The maximum absolute atomic E-state index is 6.03. The van der Waals surface area contributed by atoms with Crippen molar-refractivity contribution >= 4 is 0 Å². The van der Waals surface area contributed by atoms with E-state index in [1.165, 1.54) is 0 Å². The molecule has 0 saturated carbocycles. The molecule has 0 amide bonds. The van der Waals surface area contributed by atoms with Crippen LogP contribution in [0, 0.1) is 5.41 Å². The van der Waals surface area contributed by atoms with E-state index < -0.39 is 0 Å². The summed E-state index contributed by atoms with van der Waals surface area (Å²) in [6.07, 6.45) is 2.67. The molecule has 1 aromatic rings. The zero-order valence-electron chi connectivity index (χ0n) is 8.78. The minimum atomic E-state index is 0.0278. The van der Waals surface area contributed by atoms with Crippen molar-refractivity contribution in [3.63, 3.8) is 0 Å². The quantitative estimate of drug-likeness (QED) is 0.749. The Bertz CT molecular complexity index is 271. The molecule has 0 fully saturated rings. The normalized spacial score (nSPS) is 14.5. The van der Waals surface area contributed by atoms with Crippen LogP contribution in [-0.4, -0.2) is 15.0 Å². The molecule has 1 heterocycles. The lowest BCUT2D eigenvalue weighted by Crippen LogP contribution is -2.21. The van der Waals surface area contributed by atoms with Gasteiger partial charge in [0.15, 0.2) is 0 Å². The first-order chi connectivity index (χ1) is 5.90. The van der Waals surface area contributed by atoms with Gasteiger partial charge < -0.3 is 5.73 Å². The molecule has 1 aromatic heterocycles. The van der Waals surface area contributed by atoms with Gasteiger partial charge >= 0.3 is 0 Å². The van der Waals surface area contributed by atoms with E-state index in [2.05, 4.69) is 31.1 Å². The number of aromatic nitrogens is 3. The molecular formula is C9H18N4. The molecule has 1 unspecified atom stereocenters. The molecule has 13 heavy (non-hydrogen) atoms. The molecule has 1 atom stereocenters. The monoisotopic (exact) mass is 182 g/mol. The molecule has 2 N–H and O–H groups in total. The number of nitrogens with zero attached hydrogens (tertiary/aromatic N) is 3. The molecule has 0 radical (unpaired) electrons. The molecule has 0 saturated heterocycles. The van der Waals surface area contributed by atoms with E-state index in [9.17, 15) is 0 Å². The third-order valence-corrected chi connectivity index (χ3v) is 1.96. The first-order valence-corrected chi connectivity index (χ1v) is 4.50. The molecule has 0 aliphatic carbocycles. The van der Waals surface area contributed by atoms with Gasteiger partial charge in [0.2, 0.25) is 0 Å². The van der Waals surface area contributed by atoms with Gasteiger partial charge in [0.1, 0.15) is 0 Å². The van der Waals surface area contributed by atoms with Crippen molar-refractivity contribution in [2.24, 2.45) is 18.2 Å².